The number of rotatable bonds is 7. The molecule has 2 aromatic carbocycles. The molecule has 2 amide bonds. The fourth-order valence-electron chi connectivity index (χ4n) is 2.56. The van der Waals surface area contributed by atoms with E-state index in [0.717, 1.165) is 0 Å². The minimum Gasteiger partial charge on any atom is -0.462 e. The minimum absolute atomic E-state index is 0.0542. The van der Waals surface area contributed by atoms with Crippen molar-refractivity contribution in [2.45, 2.75) is 20.8 Å². The summed E-state index contributed by atoms with van der Waals surface area (Å²) in [7, 11) is 0. The van der Waals surface area contributed by atoms with Gasteiger partial charge in [0, 0.05) is 29.9 Å². The van der Waals surface area contributed by atoms with Gasteiger partial charge in [0.25, 0.3) is 11.8 Å². The number of esters is 1. The van der Waals surface area contributed by atoms with Gasteiger partial charge in [-0.1, -0.05) is 0 Å². The van der Waals surface area contributed by atoms with Crippen LogP contribution in [0.2, 0.25) is 0 Å². The van der Waals surface area contributed by atoms with Gasteiger partial charge in [-0.3, -0.25) is 9.59 Å². The van der Waals surface area contributed by atoms with Crippen molar-refractivity contribution in [3.63, 3.8) is 0 Å². The maximum absolute atomic E-state index is 12.4. The van der Waals surface area contributed by atoms with Crippen molar-refractivity contribution < 1.29 is 19.1 Å². The molecular weight excluding hydrogens is 344 g/mol. The summed E-state index contributed by atoms with van der Waals surface area (Å²) in [5.41, 5.74) is 1.99. The smallest absolute Gasteiger partial charge is 0.338 e. The minimum atomic E-state index is -0.399. The van der Waals surface area contributed by atoms with Gasteiger partial charge in [0.1, 0.15) is 0 Å². The summed E-state index contributed by atoms with van der Waals surface area (Å²) in [4.78, 5) is 38.0. The van der Waals surface area contributed by atoms with E-state index in [0.29, 0.717) is 42.1 Å². The average Bonchev–Trinajstić information content (AvgIpc) is 2.69. The Morgan fingerprint density at radius 3 is 1.85 bits per heavy atom. The van der Waals surface area contributed by atoms with Gasteiger partial charge in [0.2, 0.25) is 0 Å². The number of benzene rings is 2. The first-order valence-corrected chi connectivity index (χ1v) is 8.98. The molecule has 0 atom stereocenters. The fraction of sp³-hybridized carbons (Fsp3) is 0.286. The number of hydrogen-bond acceptors (Lipinski definition) is 4. The zero-order valence-electron chi connectivity index (χ0n) is 15.8. The first-order valence-electron chi connectivity index (χ1n) is 8.98. The van der Waals surface area contributed by atoms with Crippen molar-refractivity contribution in [1.29, 1.82) is 0 Å². The van der Waals surface area contributed by atoms with E-state index < -0.39 is 5.97 Å². The van der Waals surface area contributed by atoms with Crippen LogP contribution in [-0.2, 0) is 4.74 Å². The second-order valence-corrected chi connectivity index (χ2v) is 5.81. The highest BCUT2D eigenvalue weighted by molar-refractivity contribution is 6.05. The lowest BCUT2D eigenvalue weighted by Gasteiger charge is -2.18. The van der Waals surface area contributed by atoms with Crippen molar-refractivity contribution in [2.75, 3.05) is 25.0 Å². The van der Waals surface area contributed by atoms with Gasteiger partial charge < -0.3 is 15.0 Å². The second kappa shape index (κ2) is 9.52. The molecule has 0 radical (unpaired) electrons. The van der Waals surface area contributed by atoms with E-state index in [1.807, 2.05) is 13.8 Å². The lowest BCUT2D eigenvalue weighted by atomic mass is 10.1. The molecule has 2 aromatic rings. The Hall–Kier alpha value is -3.15. The zero-order chi connectivity index (χ0) is 19.8. The number of carbonyl (C=O) groups excluding carboxylic acids is 3. The third-order valence-electron chi connectivity index (χ3n) is 4.10. The lowest BCUT2D eigenvalue weighted by Crippen LogP contribution is -2.30. The predicted octanol–water partition coefficient (Wildman–Crippen LogP) is 3.60. The summed E-state index contributed by atoms with van der Waals surface area (Å²) in [6.45, 7) is 7.18. The van der Waals surface area contributed by atoms with Crippen molar-refractivity contribution in [2.24, 2.45) is 0 Å². The molecule has 0 aromatic heterocycles. The second-order valence-electron chi connectivity index (χ2n) is 5.81. The highest BCUT2D eigenvalue weighted by Crippen LogP contribution is 2.14. The summed E-state index contributed by atoms with van der Waals surface area (Å²) in [5, 5.41) is 2.76. The summed E-state index contributed by atoms with van der Waals surface area (Å²) >= 11 is 0. The third kappa shape index (κ3) is 5.17. The summed E-state index contributed by atoms with van der Waals surface area (Å²) < 4.78 is 4.92. The SMILES string of the molecule is CCOC(=O)c1ccc(NC(=O)c2ccc(C(=O)N(CC)CC)cc2)cc1. The van der Waals surface area contributed by atoms with Gasteiger partial charge in [-0.2, -0.15) is 0 Å². The van der Waals surface area contributed by atoms with E-state index in [1.165, 1.54) is 0 Å². The zero-order valence-corrected chi connectivity index (χ0v) is 15.8. The van der Waals surface area contributed by atoms with E-state index in [2.05, 4.69) is 5.32 Å². The van der Waals surface area contributed by atoms with Gasteiger partial charge in [0.05, 0.1) is 12.2 Å². The van der Waals surface area contributed by atoms with Crippen molar-refractivity contribution in [3.8, 4) is 0 Å². The van der Waals surface area contributed by atoms with E-state index in [4.69, 9.17) is 4.74 Å². The normalized spacial score (nSPS) is 10.2. The molecule has 6 nitrogen and oxygen atoms in total. The molecule has 0 aliphatic carbocycles. The molecule has 2 rings (SSSR count). The van der Waals surface area contributed by atoms with E-state index in [1.54, 1.807) is 60.4 Å². The molecule has 0 aliphatic heterocycles. The molecule has 0 fully saturated rings. The number of carbonyl (C=O) groups is 3. The third-order valence-corrected chi connectivity index (χ3v) is 4.10. The van der Waals surface area contributed by atoms with Crippen molar-refractivity contribution in [1.82, 2.24) is 4.90 Å². The Balaban J connectivity index is 2.03. The van der Waals surface area contributed by atoms with Crippen molar-refractivity contribution >= 4 is 23.5 Å². The molecule has 0 aliphatic rings. The maximum atomic E-state index is 12.4. The Labute approximate surface area is 159 Å². The highest BCUT2D eigenvalue weighted by Gasteiger charge is 2.14. The van der Waals surface area contributed by atoms with Gasteiger partial charge in [0.15, 0.2) is 0 Å². The highest BCUT2D eigenvalue weighted by atomic mass is 16.5. The number of hydrogen-bond donors (Lipinski definition) is 1. The summed E-state index contributed by atoms with van der Waals surface area (Å²) in [6, 6.07) is 13.0. The van der Waals surface area contributed by atoms with Crippen LogP contribution in [0.4, 0.5) is 5.69 Å². The number of ether oxygens (including phenoxy) is 1. The van der Waals surface area contributed by atoms with E-state index in [9.17, 15) is 14.4 Å². The quantitative estimate of drug-likeness (QED) is 0.758. The molecule has 0 heterocycles. The van der Waals surface area contributed by atoms with Crippen LogP contribution in [0.25, 0.3) is 0 Å². The molecule has 0 bridgehead atoms. The molecule has 0 spiro atoms. The average molecular weight is 368 g/mol. The standard InChI is InChI=1S/C21H24N2O4/c1-4-23(5-2)20(25)16-9-7-15(8-10-16)19(24)22-18-13-11-17(12-14-18)21(26)27-6-3/h7-14H,4-6H2,1-3H3,(H,22,24). The predicted molar refractivity (Wildman–Crippen MR) is 104 cm³/mol. The first kappa shape index (κ1) is 20.2. The summed E-state index contributed by atoms with van der Waals surface area (Å²) in [6.07, 6.45) is 0. The van der Waals surface area contributed by atoms with Gasteiger partial charge >= 0.3 is 5.97 Å². The van der Waals surface area contributed by atoms with Crippen molar-refractivity contribution in [3.05, 3.63) is 65.2 Å². The molecular formula is C21H24N2O4. The van der Waals surface area contributed by atoms with Gasteiger partial charge in [-0.05, 0) is 69.3 Å². The van der Waals surface area contributed by atoms with Crippen LogP contribution in [-0.4, -0.2) is 42.4 Å². The van der Waals surface area contributed by atoms with Crippen LogP contribution >= 0.6 is 0 Å². The Morgan fingerprint density at radius 1 is 0.815 bits per heavy atom. The van der Waals surface area contributed by atoms with Crippen LogP contribution in [0.1, 0.15) is 51.8 Å². The first-order chi connectivity index (χ1) is 13.0. The molecule has 0 saturated heterocycles. The van der Waals surface area contributed by atoms with Gasteiger partial charge in [-0.15, -0.1) is 0 Å². The number of amides is 2. The topological polar surface area (TPSA) is 75.7 Å². The largest absolute Gasteiger partial charge is 0.462 e. The van der Waals surface area contributed by atoms with Crippen LogP contribution in [0, 0.1) is 0 Å². The van der Waals surface area contributed by atoms with E-state index >= 15 is 0 Å². The molecule has 142 valence electrons. The number of nitrogens with zero attached hydrogens (tertiary/aromatic N) is 1. The summed E-state index contributed by atoms with van der Waals surface area (Å²) in [5.74, 6) is -0.744. The van der Waals surface area contributed by atoms with Crippen LogP contribution in [0.5, 0.6) is 0 Å². The molecule has 6 heteroatoms. The number of anilines is 1. The van der Waals surface area contributed by atoms with E-state index in [-0.39, 0.29) is 11.8 Å². The molecule has 0 unspecified atom stereocenters. The van der Waals surface area contributed by atoms with Crippen LogP contribution in [0.15, 0.2) is 48.5 Å². The molecule has 1 N–H and O–H groups in total. The molecule has 0 saturated carbocycles. The number of nitrogens with one attached hydrogen (secondary N) is 1. The Bertz CT molecular complexity index is 794. The Morgan fingerprint density at radius 2 is 1.33 bits per heavy atom. The fourth-order valence-corrected chi connectivity index (χ4v) is 2.56. The monoisotopic (exact) mass is 368 g/mol. The molecule has 27 heavy (non-hydrogen) atoms. The van der Waals surface area contributed by atoms with Crippen LogP contribution < -0.4 is 5.32 Å². The Kier molecular flexibility index (Phi) is 7.11. The van der Waals surface area contributed by atoms with Gasteiger partial charge in [-0.25, -0.2) is 4.79 Å². The maximum Gasteiger partial charge on any atom is 0.338 e. The van der Waals surface area contributed by atoms with Crippen LogP contribution in [0.3, 0.4) is 0 Å². The lowest BCUT2D eigenvalue weighted by molar-refractivity contribution is 0.0526.